The number of rotatable bonds is 7. The second-order valence-electron chi connectivity index (χ2n) is 8.32. The van der Waals surface area contributed by atoms with E-state index in [0.29, 0.717) is 19.5 Å². The van der Waals surface area contributed by atoms with Crippen LogP contribution in [0.5, 0.6) is 0 Å². The SMILES string of the molecule is CCNC(=NCc1cccc(CN2CCOCC2)c1)NCC1CC(=O)Nc2ccccc21.I. The number of carbonyl (C=O) groups is 1. The van der Waals surface area contributed by atoms with E-state index in [9.17, 15) is 4.79 Å². The van der Waals surface area contributed by atoms with Crippen molar-refractivity contribution in [2.24, 2.45) is 4.99 Å². The Kier molecular flexibility index (Phi) is 9.95. The molecule has 2 heterocycles. The van der Waals surface area contributed by atoms with Crippen LogP contribution in [0.15, 0.2) is 53.5 Å². The highest BCUT2D eigenvalue weighted by Crippen LogP contribution is 2.31. The molecule has 2 aliphatic rings. The van der Waals surface area contributed by atoms with Crippen molar-refractivity contribution in [2.75, 3.05) is 44.7 Å². The molecule has 2 aromatic carbocycles. The van der Waals surface area contributed by atoms with Crippen LogP contribution in [0, 0.1) is 0 Å². The molecule has 3 N–H and O–H groups in total. The molecule has 1 fully saturated rings. The number of halogens is 1. The number of carbonyl (C=O) groups excluding carboxylic acids is 1. The number of fused-ring (bicyclic) bond motifs is 1. The number of aliphatic imine (C=N–C) groups is 1. The summed E-state index contributed by atoms with van der Waals surface area (Å²) in [6.45, 7) is 8.65. The van der Waals surface area contributed by atoms with Crippen LogP contribution in [0.3, 0.4) is 0 Å². The van der Waals surface area contributed by atoms with Crippen molar-refractivity contribution in [2.45, 2.75) is 32.4 Å². The van der Waals surface area contributed by atoms with E-state index in [1.807, 2.05) is 18.2 Å². The Hall–Kier alpha value is -2.17. The van der Waals surface area contributed by atoms with E-state index in [2.05, 4.69) is 58.1 Å². The first kappa shape index (κ1) is 25.5. The summed E-state index contributed by atoms with van der Waals surface area (Å²) in [5.74, 6) is 0.963. The topological polar surface area (TPSA) is 78.0 Å². The number of hydrogen-bond acceptors (Lipinski definition) is 4. The van der Waals surface area contributed by atoms with Crippen molar-refractivity contribution in [3.63, 3.8) is 0 Å². The molecule has 1 unspecified atom stereocenters. The maximum Gasteiger partial charge on any atom is 0.225 e. The Labute approximate surface area is 213 Å². The third kappa shape index (κ3) is 7.41. The van der Waals surface area contributed by atoms with E-state index in [1.165, 1.54) is 16.7 Å². The van der Waals surface area contributed by atoms with Crippen molar-refractivity contribution < 1.29 is 9.53 Å². The minimum Gasteiger partial charge on any atom is -0.379 e. The first-order valence-corrected chi connectivity index (χ1v) is 11.5. The first-order valence-electron chi connectivity index (χ1n) is 11.5. The average Bonchev–Trinajstić information content (AvgIpc) is 2.81. The van der Waals surface area contributed by atoms with Crippen LogP contribution in [0.1, 0.15) is 36.0 Å². The van der Waals surface area contributed by atoms with Crippen LogP contribution in [0.4, 0.5) is 5.69 Å². The van der Waals surface area contributed by atoms with Gasteiger partial charge in [-0.05, 0) is 29.7 Å². The molecule has 2 aliphatic heterocycles. The summed E-state index contributed by atoms with van der Waals surface area (Å²) in [5, 5.41) is 9.72. The van der Waals surface area contributed by atoms with Gasteiger partial charge >= 0.3 is 0 Å². The van der Waals surface area contributed by atoms with Crippen LogP contribution < -0.4 is 16.0 Å². The van der Waals surface area contributed by atoms with E-state index in [-0.39, 0.29) is 35.8 Å². The number of morpholine rings is 1. The number of para-hydroxylation sites is 1. The van der Waals surface area contributed by atoms with Gasteiger partial charge in [-0.25, -0.2) is 4.99 Å². The van der Waals surface area contributed by atoms with Gasteiger partial charge in [0.05, 0.1) is 19.8 Å². The van der Waals surface area contributed by atoms with Gasteiger partial charge in [-0.2, -0.15) is 0 Å². The third-order valence-electron chi connectivity index (χ3n) is 5.89. The van der Waals surface area contributed by atoms with Gasteiger partial charge in [0.2, 0.25) is 5.91 Å². The highest BCUT2D eigenvalue weighted by molar-refractivity contribution is 14.0. The van der Waals surface area contributed by atoms with Crippen molar-refractivity contribution in [3.05, 3.63) is 65.2 Å². The predicted molar refractivity (Wildman–Crippen MR) is 143 cm³/mol. The Balaban J connectivity index is 0.00000306. The molecule has 2 aromatic rings. The lowest BCUT2D eigenvalue weighted by atomic mass is 9.90. The van der Waals surface area contributed by atoms with Crippen LogP contribution in [0.2, 0.25) is 0 Å². The summed E-state index contributed by atoms with van der Waals surface area (Å²) in [6, 6.07) is 16.7. The monoisotopic (exact) mass is 563 g/mol. The molecule has 0 aliphatic carbocycles. The Morgan fingerprint density at radius 2 is 1.91 bits per heavy atom. The number of ether oxygens (including phenoxy) is 1. The van der Waals surface area contributed by atoms with Crippen LogP contribution in [-0.2, 0) is 22.6 Å². The molecule has 0 saturated carbocycles. The number of nitrogens with zero attached hydrogens (tertiary/aromatic N) is 2. The van der Waals surface area contributed by atoms with Crippen LogP contribution in [0.25, 0.3) is 0 Å². The van der Waals surface area contributed by atoms with Gasteiger partial charge in [0.1, 0.15) is 0 Å². The van der Waals surface area contributed by atoms with Crippen LogP contribution in [-0.4, -0.2) is 56.2 Å². The Bertz CT molecular complexity index is 946. The molecule has 0 aromatic heterocycles. The summed E-state index contributed by atoms with van der Waals surface area (Å²) in [4.78, 5) is 19.3. The summed E-state index contributed by atoms with van der Waals surface area (Å²) in [5.41, 5.74) is 4.58. The van der Waals surface area contributed by atoms with E-state index in [0.717, 1.165) is 51.0 Å². The normalized spacial score (nSPS) is 18.6. The molecule has 1 saturated heterocycles. The fourth-order valence-electron chi connectivity index (χ4n) is 4.26. The number of hydrogen-bond donors (Lipinski definition) is 3. The van der Waals surface area contributed by atoms with E-state index in [1.54, 1.807) is 0 Å². The highest BCUT2D eigenvalue weighted by Gasteiger charge is 2.24. The van der Waals surface area contributed by atoms with Gasteiger partial charge in [0.25, 0.3) is 0 Å². The number of nitrogens with one attached hydrogen (secondary N) is 3. The molecule has 1 atom stereocenters. The van der Waals surface area contributed by atoms with Gasteiger partial charge in [0, 0.05) is 50.7 Å². The zero-order valence-electron chi connectivity index (χ0n) is 19.2. The van der Waals surface area contributed by atoms with Gasteiger partial charge in [-0.1, -0.05) is 42.5 Å². The lowest BCUT2D eigenvalue weighted by molar-refractivity contribution is -0.116. The third-order valence-corrected chi connectivity index (χ3v) is 5.89. The van der Waals surface area contributed by atoms with Crippen molar-refractivity contribution in [1.29, 1.82) is 0 Å². The maximum absolute atomic E-state index is 12.1. The van der Waals surface area contributed by atoms with Gasteiger partial charge in [0.15, 0.2) is 5.96 Å². The lowest BCUT2D eigenvalue weighted by Crippen LogP contribution is -2.40. The summed E-state index contributed by atoms with van der Waals surface area (Å²) in [7, 11) is 0. The Morgan fingerprint density at radius 1 is 1.12 bits per heavy atom. The van der Waals surface area contributed by atoms with E-state index < -0.39 is 0 Å². The number of guanidine groups is 1. The maximum atomic E-state index is 12.1. The summed E-state index contributed by atoms with van der Waals surface area (Å²) >= 11 is 0. The minimum absolute atomic E-state index is 0. The largest absolute Gasteiger partial charge is 0.379 e. The molecule has 0 spiro atoms. The molecule has 0 radical (unpaired) electrons. The summed E-state index contributed by atoms with van der Waals surface area (Å²) in [6.07, 6.45) is 0.479. The van der Waals surface area contributed by atoms with Gasteiger partial charge in [-0.15, -0.1) is 24.0 Å². The number of anilines is 1. The molecule has 8 heteroatoms. The molecular weight excluding hydrogens is 529 g/mol. The average molecular weight is 563 g/mol. The van der Waals surface area contributed by atoms with Gasteiger partial charge in [-0.3, -0.25) is 9.69 Å². The second kappa shape index (κ2) is 12.9. The molecule has 33 heavy (non-hydrogen) atoms. The number of amides is 1. The zero-order valence-corrected chi connectivity index (χ0v) is 21.5. The fraction of sp³-hybridized carbons (Fsp3) is 0.440. The van der Waals surface area contributed by atoms with Crippen molar-refractivity contribution >= 4 is 41.5 Å². The summed E-state index contributed by atoms with van der Waals surface area (Å²) < 4.78 is 5.45. The quantitative estimate of drug-likeness (QED) is 0.274. The highest BCUT2D eigenvalue weighted by atomic mass is 127. The van der Waals surface area contributed by atoms with Gasteiger partial charge < -0.3 is 20.7 Å². The van der Waals surface area contributed by atoms with E-state index >= 15 is 0 Å². The Morgan fingerprint density at radius 3 is 2.73 bits per heavy atom. The second-order valence-corrected chi connectivity index (χ2v) is 8.32. The molecule has 0 bridgehead atoms. The molecule has 7 nitrogen and oxygen atoms in total. The van der Waals surface area contributed by atoms with E-state index in [4.69, 9.17) is 9.73 Å². The smallest absolute Gasteiger partial charge is 0.225 e. The number of benzene rings is 2. The molecule has 1 amide bonds. The molecule has 4 rings (SSSR count). The fourth-order valence-corrected chi connectivity index (χ4v) is 4.26. The van der Waals surface area contributed by atoms with Crippen LogP contribution >= 0.6 is 24.0 Å². The minimum atomic E-state index is 0. The predicted octanol–water partition coefficient (Wildman–Crippen LogP) is 3.32. The molecule has 178 valence electrons. The molecular formula is C25H34IN5O2. The van der Waals surface area contributed by atoms with Crippen molar-refractivity contribution in [3.8, 4) is 0 Å². The standard InChI is InChI=1S/C25H33N5O2.HI/c1-2-26-25(28-17-21-15-24(31)29-23-9-4-3-8-22(21)23)27-16-19-6-5-7-20(14-19)18-30-10-12-32-13-11-30;/h3-9,14,21H,2,10-13,15-18H2,1H3,(H,29,31)(H2,26,27,28);1H. The van der Waals surface area contributed by atoms with Crippen molar-refractivity contribution in [1.82, 2.24) is 15.5 Å². The zero-order chi connectivity index (χ0) is 22.2. The lowest BCUT2D eigenvalue weighted by Gasteiger charge is -2.26. The first-order chi connectivity index (χ1) is 15.7.